The first-order chi connectivity index (χ1) is 49.5. The summed E-state index contributed by atoms with van der Waals surface area (Å²) in [5.41, 5.74) is -0.539. The van der Waals surface area contributed by atoms with Gasteiger partial charge in [0, 0.05) is 61.9 Å². The summed E-state index contributed by atoms with van der Waals surface area (Å²) in [6, 6.07) is -5.64. The van der Waals surface area contributed by atoms with Crippen molar-refractivity contribution in [3.63, 3.8) is 0 Å². The van der Waals surface area contributed by atoms with Crippen LogP contribution in [-0.4, -0.2) is 181 Å². The SMILES string of the molecule is C=C[C@@H]1C[C@]1(NC(=O)[C@@H]1C[C@@]2(CN1C(=O)[C@@H](NC(=O)[C@@H](N)C1(C)CCCCC1)C(C)(C)C)C(C)(C)C21CCC1)C(=O)NS(=O)(=O)N1CCCC1.C=C[C@@H]1C[C@]1(NC(=O)[C@@H]1C[C@@]2(CN1C(=O)[C@@H](NC(=O)[C@@H](NC(=O)OC(C)(C)C)C1(C)CCCCC1)C(C)(C)C)C(C)(C)C21CCC1)C(=O)NS(=O)(=O)N1CCCC1. The predicted octanol–water partition coefficient (Wildman–Crippen LogP) is 7.83. The van der Waals surface area contributed by atoms with Gasteiger partial charge >= 0.3 is 26.5 Å². The zero-order valence-electron chi connectivity index (χ0n) is 66.8. The van der Waals surface area contributed by atoms with E-state index in [1.165, 1.54) is 8.61 Å². The number of nitrogens with zero attached hydrogens (tertiary/aromatic N) is 4. The Morgan fingerprint density at radius 2 is 0.822 bits per heavy atom. The molecular formula is C79H128N12O14S2. The smallest absolute Gasteiger partial charge is 0.408 e. The Labute approximate surface area is 636 Å². The number of nitrogens with two attached hydrogens (primary N) is 1. The van der Waals surface area contributed by atoms with Gasteiger partial charge in [-0.15, -0.1) is 13.2 Å². The lowest BCUT2D eigenvalue weighted by Crippen LogP contribution is -2.63. The molecule has 0 bridgehead atoms. The second-order valence-electron chi connectivity index (χ2n) is 39.4. The number of hydrogen-bond acceptors (Lipinski definition) is 15. The number of alkyl carbamates (subject to hydrolysis) is 1. The Morgan fingerprint density at radius 1 is 0.467 bits per heavy atom. The van der Waals surface area contributed by atoms with Crippen molar-refractivity contribution in [2.75, 3.05) is 39.3 Å². The maximum Gasteiger partial charge on any atom is 0.408 e. The van der Waals surface area contributed by atoms with E-state index >= 15 is 4.79 Å². The van der Waals surface area contributed by atoms with Crippen molar-refractivity contribution in [1.82, 2.24) is 54.4 Å². The molecule has 0 radical (unpaired) electrons. The van der Waals surface area contributed by atoms with E-state index in [1.807, 2.05) is 48.5 Å². The lowest BCUT2D eigenvalue weighted by atomic mass is 9.70. The fraction of sp³-hybridized carbons (Fsp3) is 0.835. The Hall–Kier alpha value is -5.71. The van der Waals surface area contributed by atoms with Gasteiger partial charge < -0.3 is 46.9 Å². The van der Waals surface area contributed by atoms with Gasteiger partial charge in [0.1, 0.15) is 46.9 Å². The van der Waals surface area contributed by atoms with Crippen molar-refractivity contribution in [2.24, 2.45) is 71.7 Å². The van der Waals surface area contributed by atoms with E-state index in [0.717, 1.165) is 103 Å². The summed E-state index contributed by atoms with van der Waals surface area (Å²) >= 11 is 0. The predicted molar refractivity (Wildman–Crippen MR) is 406 cm³/mol. The van der Waals surface area contributed by atoms with Gasteiger partial charge in [-0.1, -0.05) is 147 Å². The van der Waals surface area contributed by atoms with Crippen molar-refractivity contribution in [2.45, 2.75) is 311 Å². The van der Waals surface area contributed by atoms with E-state index < -0.39 is 143 Å². The van der Waals surface area contributed by atoms with Gasteiger partial charge in [-0.05, 0) is 167 Å². The molecule has 26 nitrogen and oxygen atoms in total. The minimum Gasteiger partial charge on any atom is -0.444 e. The van der Waals surface area contributed by atoms with Crippen molar-refractivity contribution < 1.29 is 64.7 Å². The Morgan fingerprint density at radius 3 is 1.13 bits per heavy atom. The van der Waals surface area contributed by atoms with Crippen LogP contribution >= 0.6 is 0 Å². The van der Waals surface area contributed by atoms with Crippen LogP contribution in [0.2, 0.25) is 0 Å². The van der Waals surface area contributed by atoms with Crippen LogP contribution in [0.5, 0.6) is 0 Å². The number of amides is 9. The summed E-state index contributed by atoms with van der Waals surface area (Å²) in [7, 11) is -8.19. The Balaban J connectivity index is 0.000000215. The first kappa shape index (κ1) is 82.3. The second kappa shape index (κ2) is 28.2. The fourth-order valence-electron chi connectivity index (χ4n) is 21.9. The molecule has 600 valence electrons. The molecule has 12 aliphatic rings. The lowest BCUT2D eigenvalue weighted by Gasteiger charge is -2.42. The van der Waals surface area contributed by atoms with Crippen LogP contribution < -0.4 is 41.8 Å². The number of carbonyl (C=O) groups excluding carboxylic acids is 9. The molecule has 12 rings (SSSR count). The quantitative estimate of drug-likeness (QED) is 0.0508. The summed E-state index contributed by atoms with van der Waals surface area (Å²) < 4.78 is 65.0. The van der Waals surface area contributed by atoms with Gasteiger partial charge in [0.05, 0.1) is 6.04 Å². The van der Waals surface area contributed by atoms with E-state index in [9.17, 15) is 55.2 Å². The highest BCUT2D eigenvalue weighted by Crippen LogP contribution is 2.89. The number of rotatable bonds is 21. The molecule has 4 aliphatic heterocycles. The molecule has 0 aromatic carbocycles. The highest BCUT2D eigenvalue weighted by atomic mass is 32.2. The van der Waals surface area contributed by atoms with Crippen LogP contribution in [0.3, 0.4) is 0 Å². The summed E-state index contributed by atoms with van der Waals surface area (Å²) in [4.78, 5) is 132. The highest BCUT2D eigenvalue weighted by Gasteiger charge is 2.87. The topological polar surface area (TPSA) is 354 Å². The highest BCUT2D eigenvalue weighted by molar-refractivity contribution is 7.88. The van der Waals surface area contributed by atoms with Gasteiger partial charge in [0.25, 0.3) is 11.8 Å². The van der Waals surface area contributed by atoms with Crippen molar-refractivity contribution in [3.05, 3.63) is 25.3 Å². The van der Waals surface area contributed by atoms with Gasteiger partial charge in [-0.2, -0.15) is 25.4 Å². The van der Waals surface area contributed by atoms with Gasteiger partial charge in [0.2, 0.25) is 35.4 Å². The number of hydrogen-bond donors (Lipinski definition) is 8. The summed E-state index contributed by atoms with van der Waals surface area (Å²) in [5, 5.41) is 14.9. The molecule has 4 saturated heterocycles. The van der Waals surface area contributed by atoms with Crippen LogP contribution in [0.1, 0.15) is 258 Å². The summed E-state index contributed by atoms with van der Waals surface area (Å²) in [6.45, 7) is 39.2. The van der Waals surface area contributed by atoms with E-state index in [4.69, 9.17) is 10.5 Å². The van der Waals surface area contributed by atoms with Crippen LogP contribution in [0.25, 0.3) is 0 Å². The monoisotopic (exact) mass is 1530 g/mol. The molecule has 0 unspecified atom stereocenters. The zero-order valence-corrected chi connectivity index (χ0v) is 68.4. The number of fused-ring (bicyclic) bond motifs is 2. The fourth-order valence-corrected chi connectivity index (χ4v) is 24.5. The van der Waals surface area contributed by atoms with E-state index in [-0.39, 0.29) is 62.6 Å². The van der Waals surface area contributed by atoms with Gasteiger partial charge in [-0.3, -0.25) is 38.4 Å². The van der Waals surface area contributed by atoms with Gasteiger partial charge in [0.15, 0.2) is 0 Å². The van der Waals surface area contributed by atoms with Crippen LogP contribution in [0, 0.1) is 66.0 Å². The molecule has 8 saturated carbocycles. The van der Waals surface area contributed by atoms with Gasteiger partial charge in [-0.25, -0.2) is 14.2 Å². The summed E-state index contributed by atoms with van der Waals surface area (Å²) in [5.74, 6) is -5.20. The van der Waals surface area contributed by atoms with Crippen LogP contribution in [0.15, 0.2) is 25.3 Å². The molecule has 12 atom stereocenters. The third-order valence-corrected chi connectivity index (χ3v) is 32.6. The van der Waals surface area contributed by atoms with Crippen molar-refractivity contribution in [3.8, 4) is 0 Å². The molecule has 0 aromatic heterocycles. The largest absolute Gasteiger partial charge is 0.444 e. The molecule has 107 heavy (non-hydrogen) atoms. The second-order valence-corrected chi connectivity index (χ2v) is 42.7. The zero-order chi connectivity index (χ0) is 78.9. The Kier molecular flexibility index (Phi) is 21.7. The lowest BCUT2D eigenvalue weighted by molar-refractivity contribution is -0.145. The Bertz CT molecular complexity index is 3790. The molecule has 28 heteroatoms. The molecule has 9 N–H and O–H groups in total. The van der Waals surface area contributed by atoms with Crippen molar-refractivity contribution in [1.29, 1.82) is 0 Å². The number of nitrogens with one attached hydrogen (secondary N) is 7. The summed E-state index contributed by atoms with van der Waals surface area (Å²) in [6.07, 6.45) is 21.8. The third kappa shape index (κ3) is 14.2. The van der Waals surface area contributed by atoms with E-state index in [2.05, 4.69) is 83.8 Å². The standard InChI is InChI=1S/C42H68N6O8S.C37H60N6O6S/c1-11-27-24-42(27,34(52)46-57(54,55)47-22-15-16-23-47)45-31(49)28-25-41(38(8,9)40(41)20-17-21-40)26-48(28)33(51)30(36(2,3)4)43-32(50)29(39(10)18-13-12-14-19-39)44-35(53)56-37(5,6)7;1-8-24-21-37(24,31(47)41-50(48,49)42-19-12-13-20-42)40-28(44)25-22-36(33(5,6)35(36)17-14-18-35)23-43(25)30(46)27(32(2,3)4)39-29(45)26(38)34(7)15-10-9-11-16-34/h11,27-30H,1,12-26H2,2-10H3,(H,43,50)(H,44,53)(H,45,49)(H,46,52);8,24-27H,1,9-23,38H2,2-7H3,(H,39,45)(H,40,44)(H,41,47)/t27-,28+,29-,30-,41-,42-;24-,25+,26-,27-,36-,37-/m11/s1. The molecule has 8 aliphatic carbocycles. The molecule has 4 heterocycles. The number of likely N-dealkylation sites (tertiary alicyclic amines) is 2. The van der Waals surface area contributed by atoms with E-state index in [0.29, 0.717) is 77.8 Å². The molecular weight excluding hydrogens is 1410 g/mol. The maximum absolute atomic E-state index is 15.2. The molecule has 9 amide bonds. The third-order valence-electron chi connectivity index (χ3n) is 29.6. The van der Waals surface area contributed by atoms with E-state index in [1.54, 1.807) is 42.7 Å². The molecule has 12 fully saturated rings. The first-order valence-corrected chi connectivity index (χ1v) is 42.9. The van der Waals surface area contributed by atoms with Crippen molar-refractivity contribution >= 4 is 73.8 Å². The number of carbonyl (C=O) groups is 9. The van der Waals surface area contributed by atoms with Crippen LogP contribution in [0.4, 0.5) is 4.79 Å². The minimum atomic E-state index is -4.11. The first-order valence-electron chi connectivity index (χ1n) is 40.0. The number of ether oxygens (including phenoxy) is 1. The average molecular weight is 1530 g/mol. The molecule has 4 spiro atoms. The minimum absolute atomic E-state index is 0.0219. The van der Waals surface area contributed by atoms with Crippen LogP contribution in [-0.2, 0) is 63.5 Å². The average Bonchev–Trinajstić information content (AvgIpc) is 1.46. The molecule has 0 aromatic rings. The normalized spacial score (nSPS) is 32.3. The maximum atomic E-state index is 15.2.